The van der Waals surface area contributed by atoms with E-state index in [4.69, 9.17) is 4.98 Å². The third-order valence-electron chi connectivity index (χ3n) is 6.24. The number of rotatable bonds is 9. The van der Waals surface area contributed by atoms with Crippen LogP contribution in [-0.4, -0.2) is 34.2 Å². The molecule has 1 aliphatic carbocycles. The summed E-state index contributed by atoms with van der Waals surface area (Å²) in [7, 11) is 0. The van der Waals surface area contributed by atoms with Crippen LogP contribution < -0.4 is 10.6 Å². The second-order valence-electron chi connectivity index (χ2n) is 8.61. The van der Waals surface area contributed by atoms with Crippen molar-refractivity contribution in [2.45, 2.75) is 56.4 Å². The molecular formula is C26H32N4O2S. The quantitative estimate of drug-likeness (QED) is 0.344. The molecule has 0 bridgehead atoms. The lowest BCUT2D eigenvalue weighted by Gasteiger charge is -2.20. The Labute approximate surface area is 199 Å². The van der Waals surface area contributed by atoms with Crippen LogP contribution in [0.15, 0.2) is 53.4 Å². The van der Waals surface area contributed by atoms with Crippen LogP contribution in [0.3, 0.4) is 0 Å². The van der Waals surface area contributed by atoms with E-state index in [1.807, 2.05) is 59.4 Å². The molecule has 0 spiro atoms. The van der Waals surface area contributed by atoms with Crippen molar-refractivity contribution in [2.75, 3.05) is 18.1 Å². The summed E-state index contributed by atoms with van der Waals surface area (Å²) in [6, 6.07) is 15.7. The molecule has 0 aliphatic heterocycles. The van der Waals surface area contributed by atoms with Gasteiger partial charge >= 0.3 is 0 Å². The molecule has 174 valence electrons. The first-order valence-corrected chi connectivity index (χ1v) is 13.0. The molecule has 1 heterocycles. The predicted molar refractivity (Wildman–Crippen MR) is 134 cm³/mol. The molecule has 1 aliphatic rings. The fraction of sp³-hybridized carbons (Fsp3) is 0.423. The van der Waals surface area contributed by atoms with Gasteiger partial charge in [-0.25, -0.2) is 4.98 Å². The summed E-state index contributed by atoms with van der Waals surface area (Å²) < 4.78 is 1.99. The average molecular weight is 465 g/mol. The zero-order valence-electron chi connectivity index (χ0n) is 19.2. The lowest BCUT2D eigenvalue weighted by atomic mass is 9.89. The number of anilines is 1. The highest BCUT2D eigenvalue weighted by Gasteiger charge is 2.20. The van der Waals surface area contributed by atoms with Crippen LogP contribution in [0, 0.1) is 5.92 Å². The van der Waals surface area contributed by atoms with Crippen molar-refractivity contribution in [1.29, 1.82) is 0 Å². The fourth-order valence-electron chi connectivity index (χ4n) is 4.50. The van der Waals surface area contributed by atoms with E-state index in [0.29, 0.717) is 13.0 Å². The molecule has 2 aromatic carbocycles. The SMILES string of the molecule is CSc1cccc(NC(=O)Cn2c(CCCNC(=O)C3CCCCC3)nc3ccccc32)c1. The standard InChI is InChI=1S/C26H32N4O2S/c1-33-21-12-7-11-20(17-21)28-25(31)18-30-23-14-6-5-13-22(23)29-24(30)15-8-16-27-26(32)19-9-3-2-4-10-19/h5-7,11-14,17,19H,2-4,8-10,15-16,18H2,1H3,(H,27,32)(H,28,31). The summed E-state index contributed by atoms with van der Waals surface area (Å²) in [6.07, 6.45) is 9.09. The van der Waals surface area contributed by atoms with Gasteiger partial charge in [-0.15, -0.1) is 11.8 Å². The van der Waals surface area contributed by atoms with Gasteiger partial charge in [0.1, 0.15) is 12.4 Å². The summed E-state index contributed by atoms with van der Waals surface area (Å²) in [4.78, 5) is 31.1. The number of para-hydroxylation sites is 2. The number of imidazole rings is 1. The highest BCUT2D eigenvalue weighted by atomic mass is 32.2. The summed E-state index contributed by atoms with van der Waals surface area (Å²) in [5.74, 6) is 1.16. The minimum atomic E-state index is -0.0803. The first kappa shape index (κ1) is 23.4. The number of amides is 2. The molecule has 0 radical (unpaired) electrons. The maximum absolute atomic E-state index is 12.8. The number of nitrogens with zero attached hydrogens (tertiary/aromatic N) is 2. The van der Waals surface area contributed by atoms with Gasteiger partial charge in [-0.05, 0) is 55.9 Å². The molecule has 6 nitrogen and oxygen atoms in total. The number of nitrogens with one attached hydrogen (secondary N) is 2. The van der Waals surface area contributed by atoms with Crippen molar-refractivity contribution >= 4 is 40.3 Å². The van der Waals surface area contributed by atoms with Gasteiger partial charge in [0.15, 0.2) is 0 Å². The number of benzene rings is 2. The first-order valence-electron chi connectivity index (χ1n) is 11.8. The van der Waals surface area contributed by atoms with Gasteiger partial charge in [0.25, 0.3) is 0 Å². The molecule has 4 rings (SSSR count). The van der Waals surface area contributed by atoms with Crippen molar-refractivity contribution in [1.82, 2.24) is 14.9 Å². The summed E-state index contributed by atoms with van der Waals surface area (Å²) >= 11 is 1.65. The Balaban J connectivity index is 1.38. The Bertz CT molecular complexity index is 1100. The number of carbonyl (C=O) groups excluding carboxylic acids is 2. The minimum Gasteiger partial charge on any atom is -0.356 e. The van der Waals surface area contributed by atoms with Crippen LogP contribution in [0.4, 0.5) is 5.69 Å². The van der Waals surface area contributed by atoms with E-state index in [1.54, 1.807) is 11.8 Å². The third-order valence-corrected chi connectivity index (χ3v) is 6.97. The van der Waals surface area contributed by atoms with E-state index in [2.05, 4.69) is 10.6 Å². The molecule has 1 fully saturated rings. The summed E-state index contributed by atoms with van der Waals surface area (Å²) in [5.41, 5.74) is 2.63. The van der Waals surface area contributed by atoms with Crippen LogP contribution >= 0.6 is 11.8 Å². The van der Waals surface area contributed by atoms with Crippen molar-refractivity contribution in [3.63, 3.8) is 0 Å². The number of hydrogen-bond acceptors (Lipinski definition) is 4. The van der Waals surface area contributed by atoms with Crippen molar-refractivity contribution in [3.05, 3.63) is 54.4 Å². The number of thioether (sulfide) groups is 1. The Kier molecular flexibility index (Phi) is 8.05. The number of aryl methyl sites for hydroxylation is 1. The molecule has 1 saturated carbocycles. The molecule has 2 N–H and O–H groups in total. The van der Waals surface area contributed by atoms with Gasteiger partial charge in [-0.3, -0.25) is 9.59 Å². The smallest absolute Gasteiger partial charge is 0.244 e. The van der Waals surface area contributed by atoms with Crippen LogP contribution in [0.25, 0.3) is 11.0 Å². The fourth-order valence-corrected chi connectivity index (χ4v) is 4.96. The summed E-state index contributed by atoms with van der Waals surface area (Å²) in [5, 5.41) is 6.11. The van der Waals surface area contributed by atoms with Gasteiger partial charge in [-0.2, -0.15) is 0 Å². The topological polar surface area (TPSA) is 76.0 Å². The first-order chi connectivity index (χ1) is 16.1. The van der Waals surface area contributed by atoms with E-state index in [0.717, 1.165) is 59.5 Å². The summed E-state index contributed by atoms with van der Waals surface area (Å²) in [6.45, 7) is 0.833. The largest absolute Gasteiger partial charge is 0.356 e. The normalized spacial score (nSPS) is 14.3. The lowest BCUT2D eigenvalue weighted by molar-refractivity contribution is -0.125. The van der Waals surface area contributed by atoms with E-state index >= 15 is 0 Å². The van der Waals surface area contributed by atoms with Crippen LogP contribution in [0.5, 0.6) is 0 Å². The van der Waals surface area contributed by atoms with E-state index in [-0.39, 0.29) is 24.3 Å². The van der Waals surface area contributed by atoms with E-state index in [9.17, 15) is 9.59 Å². The van der Waals surface area contributed by atoms with Crippen molar-refractivity contribution < 1.29 is 9.59 Å². The lowest BCUT2D eigenvalue weighted by Crippen LogP contribution is -2.32. The maximum atomic E-state index is 12.8. The van der Waals surface area contributed by atoms with E-state index < -0.39 is 0 Å². The van der Waals surface area contributed by atoms with Gasteiger partial charge in [0, 0.05) is 29.5 Å². The molecule has 0 saturated heterocycles. The number of hydrogen-bond donors (Lipinski definition) is 2. The van der Waals surface area contributed by atoms with Crippen LogP contribution in [0.2, 0.25) is 0 Å². The predicted octanol–water partition coefficient (Wildman–Crippen LogP) is 5.03. The minimum absolute atomic E-state index is 0.0803. The van der Waals surface area contributed by atoms with Gasteiger partial charge in [0.05, 0.1) is 11.0 Å². The highest BCUT2D eigenvalue weighted by molar-refractivity contribution is 7.98. The van der Waals surface area contributed by atoms with E-state index in [1.165, 1.54) is 6.42 Å². The maximum Gasteiger partial charge on any atom is 0.244 e. The molecule has 7 heteroatoms. The molecule has 33 heavy (non-hydrogen) atoms. The second-order valence-corrected chi connectivity index (χ2v) is 9.49. The van der Waals surface area contributed by atoms with Crippen LogP contribution in [0.1, 0.15) is 44.3 Å². The van der Waals surface area contributed by atoms with Crippen molar-refractivity contribution in [3.8, 4) is 0 Å². The van der Waals surface area contributed by atoms with Gasteiger partial charge in [0.2, 0.25) is 11.8 Å². The zero-order chi connectivity index (χ0) is 23.0. The second kappa shape index (κ2) is 11.4. The molecule has 0 atom stereocenters. The number of aromatic nitrogens is 2. The molecule has 2 amide bonds. The molecule has 1 aromatic heterocycles. The molecule has 3 aromatic rings. The Morgan fingerprint density at radius 1 is 1.09 bits per heavy atom. The molecular weight excluding hydrogens is 432 g/mol. The third kappa shape index (κ3) is 6.16. The number of fused-ring (bicyclic) bond motifs is 1. The molecule has 0 unspecified atom stereocenters. The van der Waals surface area contributed by atoms with Crippen molar-refractivity contribution in [2.24, 2.45) is 5.92 Å². The zero-order valence-corrected chi connectivity index (χ0v) is 20.0. The Morgan fingerprint density at radius 2 is 1.91 bits per heavy atom. The Morgan fingerprint density at radius 3 is 2.73 bits per heavy atom. The average Bonchev–Trinajstić information content (AvgIpc) is 3.19. The van der Waals surface area contributed by atoms with Gasteiger partial charge < -0.3 is 15.2 Å². The van der Waals surface area contributed by atoms with Gasteiger partial charge in [-0.1, -0.05) is 37.5 Å². The highest BCUT2D eigenvalue weighted by Crippen LogP contribution is 2.24. The monoisotopic (exact) mass is 464 g/mol. The Hall–Kier alpha value is -2.80. The number of carbonyl (C=O) groups is 2. The van der Waals surface area contributed by atoms with Crippen LogP contribution in [-0.2, 0) is 22.6 Å².